The number of nitrogens with one attached hydrogen (secondary N) is 1. The molecule has 0 saturated heterocycles. The number of anilines is 2. The van der Waals surface area contributed by atoms with Gasteiger partial charge in [0.15, 0.2) is 0 Å². The smallest absolute Gasteiger partial charge is 0.137 e. The lowest BCUT2D eigenvalue weighted by atomic mass is 9.81. The number of fused-ring (bicyclic) bond motifs is 6. The van der Waals surface area contributed by atoms with E-state index in [2.05, 4.69) is 116 Å². The summed E-state index contributed by atoms with van der Waals surface area (Å²) in [5.74, 6) is 0. The molecule has 0 saturated carbocycles. The van der Waals surface area contributed by atoms with Crippen LogP contribution >= 0.6 is 0 Å². The molecule has 168 valence electrons. The summed E-state index contributed by atoms with van der Waals surface area (Å²) in [4.78, 5) is 0. The highest BCUT2D eigenvalue weighted by atomic mass is 16.3. The fourth-order valence-electron chi connectivity index (χ4n) is 5.70. The molecular formula is C33H25NO. The van der Waals surface area contributed by atoms with Gasteiger partial charge < -0.3 is 9.73 Å². The monoisotopic (exact) mass is 451 g/mol. The summed E-state index contributed by atoms with van der Waals surface area (Å²) in [5.41, 5.74) is 11.7. The van der Waals surface area contributed by atoms with Crippen molar-refractivity contribution >= 4 is 33.3 Å². The van der Waals surface area contributed by atoms with Crippen LogP contribution in [0.1, 0.15) is 25.0 Å². The Hall–Kier alpha value is -4.30. The Bertz CT molecular complexity index is 1740. The summed E-state index contributed by atoms with van der Waals surface area (Å²) in [6.45, 7) is 4.66. The summed E-state index contributed by atoms with van der Waals surface area (Å²) in [7, 11) is 0. The Morgan fingerprint density at radius 3 is 2.20 bits per heavy atom. The highest BCUT2D eigenvalue weighted by molar-refractivity contribution is 6.05. The van der Waals surface area contributed by atoms with Crippen molar-refractivity contribution in [2.75, 3.05) is 5.32 Å². The molecule has 35 heavy (non-hydrogen) atoms. The molecule has 0 fully saturated rings. The van der Waals surface area contributed by atoms with Crippen molar-refractivity contribution in [1.82, 2.24) is 0 Å². The van der Waals surface area contributed by atoms with Crippen LogP contribution in [-0.2, 0) is 5.41 Å². The van der Waals surface area contributed by atoms with E-state index in [1.807, 2.05) is 12.1 Å². The Morgan fingerprint density at radius 2 is 1.31 bits per heavy atom. The molecule has 6 aromatic rings. The maximum absolute atomic E-state index is 6.13. The number of para-hydroxylation sites is 1. The zero-order valence-corrected chi connectivity index (χ0v) is 19.8. The second-order valence-corrected chi connectivity index (χ2v) is 9.92. The minimum atomic E-state index is -0.0736. The van der Waals surface area contributed by atoms with Gasteiger partial charge in [-0.2, -0.15) is 0 Å². The SMILES string of the molecule is CC1(C)c2ccccc2-c2c(-c3ccccc3)cc(Nc3ccc4c(c3)oc3ccccc34)cc21. The average molecular weight is 452 g/mol. The molecule has 0 radical (unpaired) electrons. The van der Waals surface area contributed by atoms with Gasteiger partial charge >= 0.3 is 0 Å². The van der Waals surface area contributed by atoms with E-state index in [-0.39, 0.29) is 5.41 Å². The van der Waals surface area contributed by atoms with Crippen molar-refractivity contribution in [3.8, 4) is 22.3 Å². The first-order valence-electron chi connectivity index (χ1n) is 12.1. The molecule has 1 aliphatic carbocycles. The molecule has 1 aromatic heterocycles. The van der Waals surface area contributed by atoms with E-state index >= 15 is 0 Å². The zero-order chi connectivity index (χ0) is 23.6. The number of hydrogen-bond acceptors (Lipinski definition) is 2. The van der Waals surface area contributed by atoms with Gasteiger partial charge in [-0.15, -0.1) is 0 Å². The second kappa shape index (κ2) is 7.35. The van der Waals surface area contributed by atoms with Crippen LogP contribution in [-0.4, -0.2) is 0 Å². The van der Waals surface area contributed by atoms with Gasteiger partial charge in [0.2, 0.25) is 0 Å². The summed E-state index contributed by atoms with van der Waals surface area (Å²) >= 11 is 0. The van der Waals surface area contributed by atoms with Crippen LogP contribution < -0.4 is 5.32 Å². The molecule has 7 rings (SSSR count). The van der Waals surface area contributed by atoms with Crippen molar-refractivity contribution in [1.29, 1.82) is 0 Å². The van der Waals surface area contributed by atoms with Gasteiger partial charge in [-0.25, -0.2) is 0 Å². The zero-order valence-electron chi connectivity index (χ0n) is 19.8. The average Bonchev–Trinajstić information content (AvgIpc) is 3.37. The van der Waals surface area contributed by atoms with Crippen molar-refractivity contribution in [3.05, 3.63) is 120 Å². The van der Waals surface area contributed by atoms with Crippen LogP contribution in [0.25, 0.3) is 44.2 Å². The van der Waals surface area contributed by atoms with E-state index < -0.39 is 0 Å². The third kappa shape index (κ3) is 3.03. The Morgan fingerprint density at radius 1 is 0.571 bits per heavy atom. The molecule has 0 aliphatic heterocycles. The van der Waals surface area contributed by atoms with Gasteiger partial charge in [0, 0.05) is 33.6 Å². The van der Waals surface area contributed by atoms with E-state index in [9.17, 15) is 0 Å². The minimum Gasteiger partial charge on any atom is -0.456 e. The predicted octanol–water partition coefficient (Wildman–Crippen LogP) is 9.30. The lowest BCUT2D eigenvalue weighted by Gasteiger charge is -2.23. The number of rotatable bonds is 3. The Kier molecular flexibility index (Phi) is 4.22. The Labute approximate surface area is 204 Å². The molecule has 0 unspecified atom stereocenters. The lowest BCUT2D eigenvalue weighted by Crippen LogP contribution is -2.15. The molecule has 2 nitrogen and oxygen atoms in total. The van der Waals surface area contributed by atoms with Crippen molar-refractivity contribution < 1.29 is 4.42 Å². The van der Waals surface area contributed by atoms with Crippen LogP contribution in [0.3, 0.4) is 0 Å². The Balaban J connectivity index is 1.39. The number of furan rings is 1. The molecule has 0 spiro atoms. The summed E-state index contributed by atoms with van der Waals surface area (Å²) < 4.78 is 6.13. The molecule has 5 aromatic carbocycles. The molecular weight excluding hydrogens is 426 g/mol. The first-order chi connectivity index (χ1) is 17.1. The largest absolute Gasteiger partial charge is 0.456 e. The van der Waals surface area contributed by atoms with Crippen LogP contribution in [0.2, 0.25) is 0 Å². The second-order valence-electron chi connectivity index (χ2n) is 9.92. The van der Waals surface area contributed by atoms with E-state index in [1.54, 1.807) is 0 Å². The number of hydrogen-bond donors (Lipinski definition) is 1. The third-order valence-corrected chi connectivity index (χ3v) is 7.43. The number of benzene rings is 5. The van der Waals surface area contributed by atoms with Gasteiger partial charge in [-0.1, -0.05) is 86.6 Å². The van der Waals surface area contributed by atoms with Crippen LogP contribution in [0.5, 0.6) is 0 Å². The quantitative estimate of drug-likeness (QED) is 0.290. The summed E-state index contributed by atoms with van der Waals surface area (Å²) in [5, 5.41) is 5.98. The molecule has 2 heteroatoms. The van der Waals surface area contributed by atoms with Crippen LogP contribution in [0.4, 0.5) is 11.4 Å². The van der Waals surface area contributed by atoms with Gasteiger partial charge in [-0.3, -0.25) is 0 Å². The van der Waals surface area contributed by atoms with Crippen LogP contribution in [0, 0.1) is 0 Å². The fraction of sp³-hybridized carbons (Fsp3) is 0.0909. The first kappa shape index (κ1) is 20.1. The maximum Gasteiger partial charge on any atom is 0.137 e. The molecule has 1 N–H and O–H groups in total. The van der Waals surface area contributed by atoms with Crippen molar-refractivity contribution in [2.24, 2.45) is 0 Å². The third-order valence-electron chi connectivity index (χ3n) is 7.43. The molecule has 1 aliphatic rings. The van der Waals surface area contributed by atoms with Gasteiger partial charge in [0.1, 0.15) is 11.2 Å². The van der Waals surface area contributed by atoms with Crippen molar-refractivity contribution in [3.63, 3.8) is 0 Å². The van der Waals surface area contributed by atoms with E-state index in [0.717, 1.165) is 33.3 Å². The van der Waals surface area contributed by atoms with E-state index in [0.29, 0.717) is 0 Å². The highest BCUT2D eigenvalue weighted by Crippen LogP contribution is 2.53. The normalized spacial score (nSPS) is 13.7. The van der Waals surface area contributed by atoms with Gasteiger partial charge in [0.05, 0.1) is 0 Å². The predicted molar refractivity (Wildman–Crippen MR) is 146 cm³/mol. The summed E-state index contributed by atoms with van der Waals surface area (Å²) in [6.07, 6.45) is 0. The molecule has 0 atom stereocenters. The molecule has 0 amide bonds. The van der Waals surface area contributed by atoms with Gasteiger partial charge in [-0.05, 0) is 63.7 Å². The first-order valence-corrected chi connectivity index (χ1v) is 12.1. The van der Waals surface area contributed by atoms with Gasteiger partial charge in [0.25, 0.3) is 0 Å². The lowest BCUT2D eigenvalue weighted by molar-refractivity contribution is 0.660. The highest BCUT2D eigenvalue weighted by Gasteiger charge is 2.37. The minimum absolute atomic E-state index is 0.0736. The fourth-order valence-corrected chi connectivity index (χ4v) is 5.70. The topological polar surface area (TPSA) is 25.2 Å². The summed E-state index contributed by atoms with van der Waals surface area (Å²) in [6, 6.07) is 38.7. The van der Waals surface area contributed by atoms with E-state index in [4.69, 9.17) is 4.42 Å². The maximum atomic E-state index is 6.13. The molecule has 1 heterocycles. The van der Waals surface area contributed by atoms with Crippen LogP contribution in [0.15, 0.2) is 114 Å². The standard InChI is InChI=1S/C33H25NO/c1-33(2)28-14-8-6-13-26(28)32-27(21-10-4-3-5-11-21)18-23(19-29(32)33)34-22-16-17-25-24-12-7-9-15-30(24)35-31(25)20-22/h3-20,34H,1-2H3. The van der Waals surface area contributed by atoms with E-state index in [1.165, 1.54) is 33.4 Å². The van der Waals surface area contributed by atoms with Crippen molar-refractivity contribution in [2.45, 2.75) is 19.3 Å². The molecule has 0 bridgehead atoms.